The summed E-state index contributed by atoms with van der Waals surface area (Å²) >= 11 is 0. The van der Waals surface area contributed by atoms with E-state index >= 15 is 0 Å². The first-order chi connectivity index (χ1) is 12.9. The summed E-state index contributed by atoms with van der Waals surface area (Å²) < 4.78 is 25.6. The second kappa shape index (κ2) is 6.70. The molecule has 1 unspecified atom stereocenters. The van der Waals surface area contributed by atoms with Crippen molar-refractivity contribution in [3.8, 4) is 0 Å². The number of hydrogen-bond acceptors (Lipinski definition) is 4. The van der Waals surface area contributed by atoms with Crippen molar-refractivity contribution < 1.29 is 13.2 Å². The number of aromatic amines is 1. The number of rotatable bonds is 4. The summed E-state index contributed by atoms with van der Waals surface area (Å²) in [6.45, 7) is 2.30. The summed E-state index contributed by atoms with van der Waals surface area (Å²) in [5.41, 5.74) is 2.69. The van der Waals surface area contributed by atoms with E-state index in [-0.39, 0.29) is 17.7 Å². The van der Waals surface area contributed by atoms with Crippen LogP contribution in [0.3, 0.4) is 0 Å². The van der Waals surface area contributed by atoms with E-state index in [0.717, 1.165) is 11.0 Å². The maximum Gasteiger partial charge on any atom is 0.251 e. The predicted octanol–water partition coefficient (Wildman–Crippen LogP) is 2.59. The molecule has 140 valence electrons. The van der Waals surface area contributed by atoms with Crippen LogP contribution in [0, 0.1) is 0 Å². The van der Waals surface area contributed by atoms with Crippen molar-refractivity contribution in [3.63, 3.8) is 0 Å². The molecule has 1 aliphatic heterocycles. The minimum absolute atomic E-state index is 0.145. The van der Waals surface area contributed by atoms with Gasteiger partial charge in [-0.15, -0.1) is 0 Å². The number of hydrogen-bond donors (Lipinski definition) is 2. The molecule has 0 saturated carbocycles. The van der Waals surface area contributed by atoms with Crippen molar-refractivity contribution in [2.45, 2.75) is 19.4 Å². The van der Waals surface area contributed by atoms with E-state index in [9.17, 15) is 13.2 Å². The molecule has 8 heteroatoms. The summed E-state index contributed by atoms with van der Waals surface area (Å²) in [5.74, 6) is 0.538. The molecule has 1 atom stereocenters. The Bertz CT molecular complexity index is 1070. The van der Waals surface area contributed by atoms with Gasteiger partial charge in [-0.2, -0.15) is 0 Å². The maximum absolute atomic E-state index is 12.7. The molecule has 1 fully saturated rings. The van der Waals surface area contributed by atoms with E-state index < -0.39 is 10.0 Å². The topological polar surface area (TPSA) is 95.2 Å². The van der Waals surface area contributed by atoms with Gasteiger partial charge < -0.3 is 10.3 Å². The van der Waals surface area contributed by atoms with Gasteiger partial charge >= 0.3 is 0 Å². The van der Waals surface area contributed by atoms with Gasteiger partial charge in [0, 0.05) is 12.1 Å². The smallest absolute Gasteiger partial charge is 0.251 e. The molecule has 7 nitrogen and oxygen atoms in total. The first kappa shape index (κ1) is 17.5. The monoisotopic (exact) mass is 384 g/mol. The van der Waals surface area contributed by atoms with Crippen molar-refractivity contribution in [1.29, 1.82) is 0 Å². The largest absolute Gasteiger partial charge is 0.342 e. The van der Waals surface area contributed by atoms with Gasteiger partial charge in [-0.1, -0.05) is 18.2 Å². The number of H-pyrrole nitrogens is 1. The van der Waals surface area contributed by atoms with Gasteiger partial charge in [0.25, 0.3) is 5.91 Å². The SMILES string of the molecule is CC(NC(=O)c1cccc(N2CCCS2(=O)=O)c1)c1nc2ccccc2[nH]1. The van der Waals surface area contributed by atoms with Crippen molar-refractivity contribution in [2.24, 2.45) is 0 Å². The standard InChI is InChI=1S/C19H20N4O3S/c1-13(18-21-16-8-2-3-9-17(16)22-18)20-19(24)14-6-4-7-15(12-14)23-10-5-11-27(23,25)26/h2-4,6-9,12-13H,5,10-11H2,1H3,(H,20,24)(H,21,22). The zero-order chi connectivity index (χ0) is 19.0. The third kappa shape index (κ3) is 3.40. The number of amides is 1. The van der Waals surface area contributed by atoms with Crippen LogP contribution in [0.1, 0.15) is 35.6 Å². The first-order valence-corrected chi connectivity index (χ1v) is 10.4. The molecule has 0 spiro atoms. The van der Waals surface area contributed by atoms with Gasteiger partial charge in [-0.3, -0.25) is 9.10 Å². The van der Waals surface area contributed by atoms with Crippen LogP contribution >= 0.6 is 0 Å². The van der Waals surface area contributed by atoms with Crippen molar-refractivity contribution in [3.05, 3.63) is 59.9 Å². The average molecular weight is 384 g/mol. The zero-order valence-corrected chi connectivity index (χ0v) is 15.7. The molecule has 1 amide bonds. The zero-order valence-electron chi connectivity index (χ0n) is 14.8. The highest BCUT2D eigenvalue weighted by Crippen LogP contribution is 2.25. The Morgan fingerprint density at radius 3 is 2.78 bits per heavy atom. The van der Waals surface area contributed by atoms with Gasteiger partial charge in [0.2, 0.25) is 10.0 Å². The number of carbonyl (C=O) groups excluding carboxylic acids is 1. The molecule has 1 saturated heterocycles. The van der Waals surface area contributed by atoms with Crippen LogP contribution in [-0.4, -0.2) is 36.6 Å². The number of anilines is 1. The van der Waals surface area contributed by atoms with Gasteiger partial charge in [0.05, 0.1) is 28.5 Å². The van der Waals surface area contributed by atoms with Crippen molar-refractivity contribution >= 4 is 32.7 Å². The molecular formula is C19H20N4O3S. The van der Waals surface area contributed by atoms with Gasteiger partial charge in [0.1, 0.15) is 5.82 Å². The number of carbonyl (C=O) groups is 1. The van der Waals surface area contributed by atoms with Crippen LogP contribution in [0.25, 0.3) is 11.0 Å². The Kier molecular flexibility index (Phi) is 4.35. The summed E-state index contributed by atoms with van der Waals surface area (Å²) in [7, 11) is -3.28. The fourth-order valence-corrected chi connectivity index (χ4v) is 4.81. The van der Waals surface area contributed by atoms with Crippen molar-refractivity contribution in [1.82, 2.24) is 15.3 Å². The lowest BCUT2D eigenvalue weighted by Gasteiger charge is -2.18. The minimum Gasteiger partial charge on any atom is -0.342 e. The highest BCUT2D eigenvalue weighted by atomic mass is 32.2. The number of sulfonamides is 1. The summed E-state index contributed by atoms with van der Waals surface area (Å²) in [4.78, 5) is 20.4. The molecule has 0 aliphatic carbocycles. The molecule has 0 bridgehead atoms. The lowest BCUT2D eigenvalue weighted by molar-refractivity contribution is 0.0938. The van der Waals surface area contributed by atoms with E-state index in [0.29, 0.717) is 30.0 Å². The molecule has 2 N–H and O–H groups in total. The van der Waals surface area contributed by atoms with Gasteiger partial charge in [-0.05, 0) is 43.7 Å². The number of aromatic nitrogens is 2. The minimum atomic E-state index is -3.28. The Balaban J connectivity index is 1.53. The van der Waals surface area contributed by atoms with Crippen LogP contribution in [0.4, 0.5) is 5.69 Å². The average Bonchev–Trinajstić information content (AvgIpc) is 3.24. The Labute approximate surface area is 157 Å². The normalized spacial score (nSPS) is 17.1. The van der Waals surface area contributed by atoms with Crippen LogP contribution in [0.5, 0.6) is 0 Å². The van der Waals surface area contributed by atoms with E-state index in [1.807, 2.05) is 31.2 Å². The highest BCUT2D eigenvalue weighted by molar-refractivity contribution is 7.93. The predicted molar refractivity (Wildman–Crippen MR) is 104 cm³/mol. The number of nitrogens with zero attached hydrogens (tertiary/aromatic N) is 2. The molecular weight excluding hydrogens is 364 g/mol. The molecule has 0 radical (unpaired) electrons. The molecule has 3 aromatic rings. The lowest BCUT2D eigenvalue weighted by Crippen LogP contribution is -2.28. The molecule has 4 rings (SSSR count). The van der Waals surface area contributed by atoms with Crippen LogP contribution in [0.15, 0.2) is 48.5 Å². The fourth-order valence-electron chi connectivity index (χ4n) is 3.26. The molecule has 27 heavy (non-hydrogen) atoms. The number of fused-ring (bicyclic) bond motifs is 1. The lowest BCUT2D eigenvalue weighted by atomic mass is 10.1. The van der Waals surface area contributed by atoms with E-state index in [1.54, 1.807) is 24.3 Å². The highest BCUT2D eigenvalue weighted by Gasteiger charge is 2.28. The second-order valence-corrected chi connectivity index (χ2v) is 8.64. The number of imidazole rings is 1. The van der Waals surface area contributed by atoms with Crippen molar-refractivity contribution in [2.75, 3.05) is 16.6 Å². The maximum atomic E-state index is 12.7. The van der Waals surface area contributed by atoms with Gasteiger partial charge in [-0.25, -0.2) is 13.4 Å². The second-order valence-electron chi connectivity index (χ2n) is 6.63. The van der Waals surface area contributed by atoms with E-state index in [1.165, 1.54) is 4.31 Å². The number of para-hydroxylation sites is 2. The molecule has 2 aromatic carbocycles. The Hall–Kier alpha value is -2.87. The van der Waals surface area contributed by atoms with E-state index in [2.05, 4.69) is 15.3 Å². The quantitative estimate of drug-likeness (QED) is 0.723. The molecule has 1 aromatic heterocycles. The molecule has 2 heterocycles. The third-order valence-corrected chi connectivity index (χ3v) is 6.53. The summed E-state index contributed by atoms with van der Waals surface area (Å²) in [6.07, 6.45) is 0.599. The van der Waals surface area contributed by atoms with Crippen LogP contribution in [0.2, 0.25) is 0 Å². The van der Waals surface area contributed by atoms with E-state index in [4.69, 9.17) is 0 Å². The first-order valence-electron chi connectivity index (χ1n) is 8.80. The number of benzene rings is 2. The molecule has 1 aliphatic rings. The Morgan fingerprint density at radius 1 is 1.22 bits per heavy atom. The van der Waals surface area contributed by atoms with Gasteiger partial charge in [0.15, 0.2) is 0 Å². The third-order valence-electron chi connectivity index (χ3n) is 4.66. The number of nitrogens with one attached hydrogen (secondary N) is 2. The van der Waals surface area contributed by atoms with Crippen LogP contribution < -0.4 is 9.62 Å². The summed E-state index contributed by atoms with van der Waals surface area (Å²) in [5, 5.41) is 2.91. The Morgan fingerprint density at radius 2 is 2.04 bits per heavy atom. The fraction of sp³-hybridized carbons (Fsp3) is 0.263. The summed E-state index contributed by atoms with van der Waals surface area (Å²) in [6, 6.07) is 14.1. The van der Waals surface area contributed by atoms with Crippen LogP contribution in [-0.2, 0) is 10.0 Å².